The van der Waals surface area contributed by atoms with Crippen molar-refractivity contribution in [3.05, 3.63) is 35.4 Å². The minimum atomic E-state index is -1.01. The summed E-state index contributed by atoms with van der Waals surface area (Å²) in [5.41, 5.74) is 6.88. The van der Waals surface area contributed by atoms with Gasteiger partial charge < -0.3 is 19.9 Å². The van der Waals surface area contributed by atoms with Crippen molar-refractivity contribution in [3.63, 3.8) is 0 Å². The molecule has 0 fully saturated rings. The first kappa shape index (κ1) is 28.1. The molecule has 0 saturated heterocycles. The van der Waals surface area contributed by atoms with E-state index in [2.05, 4.69) is 11.1 Å². The number of anilines is 1. The molecule has 1 aromatic carbocycles. The predicted octanol–water partition coefficient (Wildman–Crippen LogP) is 3.41. The smallest absolute Gasteiger partial charge is 0.307 e. The number of hydrogen-bond donors (Lipinski definition) is 1. The molecule has 0 aliphatic carbocycles. The number of methoxy groups -OCH3 is 1. The van der Waals surface area contributed by atoms with E-state index in [9.17, 15) is 24.9 Å². The third-order valence-electron chi connectivity index (χ3n) is 4.95. The highest BCUT2D eigenvalue weighted by Crippen LogP contribution is 2.38. The van der Waals surface area contributed by atoms with Crippen molar-refractivity contribution < 1.29 is 28.6 Å². The molecule has 0 bridgehead atoms. The first-order valence-electron chi connectivity index (χ1n) is 11.1. The Hall–Kier alpha value is -4.09. The Labute approximate surface area is 213 Å². The van der Waals surface area contributed by atoms with E-state index >= 15 is 0 Å². The number of hydrogen-bond acceptors (Lipinski definition) is 11. The molecule has 10 nitrogen and oxygen atoms in total. The molecule has 2 aromatic rings. The highest BCUT2D eigenvalue weighted by Gasteiger charge is 2.29. The van der Waals surface area contributed by atoms with Crippen LogP contribution in [0.15, 0.2) is 29.3 Å². The molecule has 1 aromatic heterocycles. The van der Waals surface area contributed by atoms with E-state index in [0.717, 1.165) is 11.8 Å². The van der Waals surface area contributed by atoms with Crippen molar-refractivity contribution >= 4 is 35.3 Å². The molecule has 0 saturated carbocycles. The van der Waals surface area contributed by atoms with Gasteiger partial charge in [-0.2, -0.15) is 10.5 Å². The summed E-state index contributed by atoms with van der Waals surface area (Å²) in [5, 5.41) is 18.8. The second-order valence-electron chi connectivity index (χ2n) is 7.27. The van der Waals surface area contributed by atoms with Crippen molar-refractivity contribution in [1.29, 1.82) is 10.5 Å². The third-order valence-corrected chi connectivity index (χ3v) is 6.18. The second-order valence-corrected chi connectivity index (χ2v) is 8.46. The molecule has 188 valence electrons. The summed E-state index contributed by atoms with van der Waals surface area (Å²) in [6.45, 7) is 3.60. The Morgan fingerprint density at radius 2 is 1.61 bits per heavy atom. The van der Waals surface area contributed by atoms with E-state index in [4.69, 9.17) is 19.9 Å². The van der Waals surface area contributed by atoms with Crippen molar-refractivity contribution in [2.24, 2.45) is 0 Å². The number of nitriles is 2. The maximum atomic E-state index is 13.0. The number of thioether (sulfide) groups is 1. The zero-order valence-electron chi connectivity index (χ0n) is 20.2. The number of aromatic nitrogens is 1. The SMILES string of the molecule is CCOC(=O)CCC(=O)C(CC(=O)OCC)Sc1nc(N)c(C#N)c(-c2ccc(OC)cc2)c1C#N. The molecule has 1 atom stereocenters. The molecule has 2 N–H and O–H groups in total. The molecule has 11 heteroatoms. The number of carbonyl (C=O) groups is 3. The molecular weight excluding hydrogens is 484 g/mol. The van der Waals surface area contributed by atoms with E-state index in [1.807, 2.05) is 6.07 Å². The van der Waals surface area contributed by atoms with Gasteiger partial charge in [-0.25, -0.2) is 4.98 Å². The van der Waals surface area contributed by atoms with Crippen molar-refractivity contribution in [2.45, 2.75) is 43.4 Å². The summed E-state index contributed by atoms with van der Waals surface area (Å²) in [6.07, 6.45) is -0.628. The number of pyridine rings is 1. The van der Waals surface area contributed by atoms with Gasteiger partial charge in [0.1, 0.15) is 40.1 Å². The van der Waals surface area contributed by atoms with Crippen LogP contribution in [0.2, 0.25) is 0 Å². The molecule has 0 radical (unpaired) electrons. The Kier molecular flexibility index (Phi) is 10.7. The van der Waals surface area contributed by atoms with E-state index in [1.165, 1.54) is 7.11 Å². The highest BCUT2D eigenvalue weighted by atomic mass is 32.2. The monoisotopic (exact) mass is 510 g/mol. The van der Waals surface area contributed by atoms with Crippen molar-refractivity contribution in [3.8, 4) is 29.0 Å². The number of rotatable bonds is 12. The lowest BCUT2D eigenvalue weighted by Crippen LogP contribution is -2.24. The Morgan fingerprint density at radius 3 is 2.17 bits per heavy atom. The van der Waals surface area contributed by atoms with Crippen LogP contribution in [-0.4, -0.2) is 48.3 Å². The van der Waals surface area contributed by atoms with Gasteiger partial charge in [-0.1, -0.05) is 23.9 Å². The van der Waals surface area contributed by atoms with Crippen LogP contribution >= 0.6 is 11.8 Å². The highest BCUT2D eigenvalue weighted by molar-refractivity contribution is 8.00. The fourth-order valence-electron chi connectivity index (χ4n) is 3.28. The molecule has 0 aliphatic rings. The van der Waals surface area contributed by atoms with Crippen LogP contribution in [0.25, 0.3) is 11.1 Å². The number of esters is 2. The first-order chi connectivity index (χ1) is 17.3. The Bertz CT molecular complexity index is 1200. The van der Waals surface area contributed by atoms with Gasteiger partial charge in [-0.3, -0.25) is 14.4 Å². The minimum Gasteiger partial charge on any atom is -0.497 e. The molecule has 0 aliphatic heterocycles. The average Bonchev–Trinajstić information content (AvgIpc) is 2.87. The minimum absolute atomic E-state index is 0.0108. The number of nitrogens with two attached hydrogens (primary N) is 1. The molecule has 0 spiro atoms. The van der Waals surface area contributed by atoms with Gasteiger partial charge in [-0.15, -0.1) is 0 Å². The topological polar surface area (TPSA) is 165 Å². The van der Waals surface area contributed by atoms with E-state index in [1.54, 1.807) is 38.1 Å². The quantitative estimate of drug-likeness (QED) is 0.328. The first-order valence-corrected chi connectivity index (χ1v) is 12.0. The third kappa shape index (κ3) is 7.20. The normalized spacial score (nSPS) is 11.0. The number of carbonyl (C=O) groups excluding carboxylic acids is 3. The van der Waals surface area contributed by atoms with E-state index < -0.39 is 23.0 Å². The fourth-order valence-corrected chi connectivity index (χ4v) is 4.43. The number of ketones is 1. The lowest BCUT2D eigenvalue weighted by molar-refractivity contribution is -0.144. The fraction of sp³-hybridized carbons (Fsp3) is 0.360. The number of nitrogens with zero attached hydrogens (tertiary/aromatic N) is 3. The molecule has 36 heavy (non-hydrogen) atoms. The number of Topliss-reactive ketones (excluding diaryl/α,β-unsaturated/α-hetero) is 1. The summed E-state index contributed by atoms with van der Waals surface area (Å²) in [6, 6.07) is 10.7. The maximum Gasteiger partial charge on any atom is 0.307 e. The predicted molar refractivity (Wildman–Crippen MR) is 132 cm³/mol. The summed E-state index contributed by atoms with van der Waals surface area (Å²) in [5.74, 6) is -1.12. The number of ether oxygens (including phenoxy) is 3. The second kappa shape index (κ2) is 13.7. The summed E-state index contributed by atoms with van der Waals surface area (Å²) in [4.78, 5) is 41.1. The van der Waals surface area contributed by atoms with Crippen LogP contribution in [0.1, 0.15) is 44.2 Å². The van der Waals surface area contributed by atoms with Crippen LogP contribution < -0.4 is 10.5 Å². The summed E-state index contributed by atoms with van der Waals surface area (Å²) < 4.78 is 15.0. The zero-order valence-corrected chi connectivity index (χ0v) is 21.0. The van der Waals surface area contributed by atoms with Crippen molar-refractivity contribution in [2.75, 3.05) is 26.1 Å². The Morgan fingerprint density at radius 1 is 1.00 bits per heavy atom. The van der Waals surface area contributed by atoms with Crippen LogP contribution in [0.3, 0.4) is 0 Å². The van der Waals surface area contributed by atoms with Crippen molar-refractivity contribution in [1.82, 2.24) is 4.98 Å². The summed E-state index contributed by atoms with van der Waals surface area (Å²) >= 11 is 0.867. The van der Waals surface area contributed by atoms with Crippen LogP contribution in [0.4, 0.5) is 5.82 Å². The summed E-state index contributed by atoms with van der Waals surface area (Å²) in [7, 11) is 1.51. The van der Waals surface area contributed by atoms with Crippen LogP contribution in [0, 0.1) is 22.7 Å². The number of benzene rings is 1. The zero-order chi connectivity index (χ0) is 26.7. The molecular formula is C25H26N4O6S. The van der Waals surface area contributed by atoms with Gasteiger partial charge in [0.15, 0.2) is 0 Å². The molecule has 1 heterocycles. The standard InChI is InChI=1S/C25H26N4O6S/c1-4-34-21(31)11-10-19(30)20(12-22(32)35-5-2)36-25-18(14-27)23(17(13-26)24(28)29-25)15-6-8-16(33-3)9-7-15/h6-9,20H,4-5,10-12H2,1-3H3,(H2,28,29). The molecule has 2 rings (SSSR count). The number of nitrogen functional groups attached to an aromatic ring is 1. The lowest BCUT2D eigenvalue weighted by atomic mass is 9.97. The van der Waals surface area contributed by atoms with Gasteiger partial charge in [0.2, 0.25) is 0 Å². The average molecular weight is 511 g/mol. The molecule has 0 amide bonds. The van der Waals surface area contributed by atoms with Gasteiger partial charge in [0.05, 0.1) is 44.0 Å². The van der Waals surface area contributed by atoms with E-state index in [0.29, 0.717) is 11.3 Å². The maximum absolute atomic E-state index is 13.0. The van der Waals surface area contributed by atoms with Crippen LogP contribution in [-0.2, 0) is 23.9 Å². The lowest BCUT2D eigenvalue weighted by Gasteiger charge is -2.18. The van der Waals surface area contributed by atoms with Gasteiger partial charge in [-0.05, 0) is 31.5 Å². The largest absolute Gasteiger partial charge is 0.497 e. The van der Waals surface area contributed by atoms with Gasteiger partial charge in [0.25, 0.3) is 0 Å². The van der Waals surface area contributed by atoms with Gasteiger partial charge in [0, 0.05) is 12.0 Å². The van der Waals surface area contributed by atoms with E-state index in [-0.39, 0.29) is 60.0 Å². The molecule has 1 unspecified atom stereocenters. The Balaban J connectivity index is 2.52. The van der Waals surface area contributed by atoms with Gasteiger partial charge >= 0.3 is 11.9 Å². The van der Waals surface area contributed by atoms with Crippen LogP contribution in [0.5, 0.6) is 5.75 Å².